The van der Waals surface area contributed by atoms with Crippen LogP contribution in [-0.2, 0) is 12.8 Å². The van der Waals surface area contributed by atoms with Crippen LogP contribution in [0.5, 0.6) is 0 Å². The number of nitrogens with zero attached hydrogens (tertiary/aromatic N) is 3. The van der Waals surface area contributed by atoms with Gasteiger partial charge in [-0.25, -0.2) is 9.97 Å². The first-order valence-electron chi connectivity index (χ1n) is 7.19. The number of furan rings is 1. The summed E-state index contributed by atoms with van der Waals surface area (Å²) >= 11 is 5.91. The van der Waals surface area contributed by atoms with E-state index in [1.165, 1.54) is 0 Å². The van der Waals surface area contributed by atoms with Crippen LogP contribution in [0, 0.1) is 0 Å². The second kappa shape index (κ2) is 6.31. The Balaban J connectivity index is 1.88. The van der Waals surface area contributed by atoms with Crippen LogP contribution < -0.4 is 0 Å². The van der Waals surface area contributed by atoms with Gasteiger partial charge >= 0.3 is 0 Å². The number of rotatable bonds is 6. The Hall–Kier alpha value is -1.81. The summed E-state index contributed by atoms with van der Waals surface area (Å²) in [6.07, 6.45) is 6.16. The van der Waals surface area contributed by atoms with Gasteiger partial charge in [-0.15, -0.1) is 11.6 Å². The van der Waals surface area contributed by atoms with E-state index >= 15 is 0 Å². The summed E-state index contributed by atoms with van der Waals surface area (Å²) < 4.78 is 7.61. The van der Waals surface area contributed by atoms with Crippen molar-refractivity contribution in [1.82, 2.24) is 14.5 Å². The molecule has 0 aromatic carbocycles. The summed E-state index contributed by atoms with van der Waals surface area (Å²) in [6, 6.07) is 8.14. The molecule has 1 atom stereocenters. The van der Waals surface area contributed by atoms with E-state index in [-0.39, 0.29) is 0 Å². The van der Waals surface area contributed by atoms with Gasteiger partial charge in [0.2, 0.25) is 0 Å². The average molecular weight is 304 g/mol. The zero-order valence-electron chi connectivity index (χ0n) is 12.0. The van der Waals surface area contributed by atoms with Gasteiger partial charge in [-0.3, -0.25) is 0 Å². The van der Waals surface area contributed by atoms with E-state index in [4.69, 9.17) is 16.0 Å². The fourth-order valence-electron chi connectivity index (χ4n) is 2.64. The molecule has 3 rings (SSSR count). The molecule has 0 N–H and O–H groups in total. The first-order valence-corrected chi connectivity index (χ1v) is 7.73. The molecular weight excluding hydrogens is 286 g/mol. The molecule has 21 heavy (non-hydrogen) atoms. The Morgan fingerprint density at radius 3 is 2.95 bits per heavy atom. The van der Waals surface area contributed by atoms with Gasteiger partial charge in [0.05, 0.1) is 6.26 Å². The molecule has 0 saturated heterocycles. The number of halogens is 1. The fourth-order valence-corrected chi connectivity index (χ4v) is 2.80. The van der Waals surface area contributed by atoms with Gasteiger partial charge in [-0.2, -0.15) is 0 Å². The maximum atomic E-state index is 5.91. The molecule has 0 saturated carbocycles. The van der Waals surface area contributed by atoms with E-state index in [9.17, 15) is 0 Å². The highest BCUT2D eigenvalue weighted by Crippen LogP contribution is 2.23. The Bertz CT molecular complexity index is 705. The molecule has 5 heteroatoms. The van der Waals surface area contributed by atoms with E-state index in [0.717, 1.165) is 42.0 Å². The van der Waals surface area contributed by atoms with Crippen LogP contribution in [0.4, 0.5) is 0 Å². The summed E-state index contributed by atoms with van der Waals surface area (Å²) in [5.41, 5.74) is 1.87. The molecule has 0 aliphatic heterocycles. The molecule has 0 aliphatic carbocycles. The summed E-state index contributed by atoms with van der Waals surface area (Å²) in [4.78, 5) is 9.15. The van der Waals surface area contributed by atoms with Crippen molar-refractivity contribution in [2.24, 2.45) is 0 Å². The monoisotopic (exact) mass is 303 g/mol. The second-order valence-electron chi connectivity index (χ2n) is 5.15. The van der Waals surface area contributed by atoms with Gasteiger partial charge in [-0.1, -0.05) is 0 Å². The molecule has 3 aromatic heterocycles. The van der Waals surface area contributed by atoms with Crippen molar-refractivity contribution in [3.63, 3.8) is 0 Å². The van der Waals surface area contributed by atoms with Crippen molar-refractivity contribution in [3.05, 3.63) is 48.3 Å². The van der Waals surface area contributed by atoms with Crippen molar-refractivity contribution in [2.45, 2.75) is 32.2 Å². The molecule has 3 heterocycles. The minimum absolute atomic E-state index is 0.299. The summed E-state index contributed by atoms with van der Waals surface area (Å²) in [5, 5.41) is 0. The van der Waals surface area contributed by atoms with Crippen LogP contribution in [0.1, 0.15) is 31.0 Å². The molecule has 0 bridgehead atoms. The lowest BCUT2D eigenvalue weighted by Crippen LogP contribution is -2.11. The quantitative estimate of drug-likeness (QED) is 0.646. The molecule has 3 aromatic rings. The van der Waals surface area contributed by atoms with Crippen LogP contribution in [0.15, 0.2) is 41.1 Å². The van der Waals surface area contributed by atoms with Gasteiger partial charge in [0.15, 0.2) is 5.65 Å². The third-order valence-corrected chi connectivity index (χ3v) is 3.86. The van der Waals surface area contributed by atoms with E-state index in [2.05, 4.69) is 21.5 Å². The molecule has 0 fully saturated rings. The number of imidazole rings is 1. The first-order chi connectivity index (χ1) is 10.3. The van der Waals surface area contributed by atoms with Crippen LogP contribution in [-0.4, -0.2) is 20.4 Å². The topological polar surface area (TPSA) is 43.9 Å². The van der Waals surface area contributed by atoms with Crippen molar-refractivity contribution in [1.29, 1.82) is 0 Å². The van der Waals surface area contributed by atoms with Gasteiger partial charge < -0.3 is 8.98 Å². The van der Waals surface area contributed by atoms with Gasteiger partial charge in [0, 0.05) is 31.0 Å². The smallest absolute Gasteiger partial charge is 0.160 e. The van der Waals surface area contributed by atoms with Crippen molar-refractivity contribution >= 4 is 22.8 Å². The summed E-state index contributed by atoms with van der Waals surface area (Å²) in [6.45, 7) is 2.19. The lowest BCUT2D eigenvalue weighted by molar-refractivity contribution is 0.450. The zero-order valence-corrected chi connectivity index (χ0v) is 12.8. The minimum atomic E-state index is 0.299. The van der Waals surface area contributed by atoms with Crippen molar-refractivity contribution < 1.29 is 4.42 Å². The summed E-state index contributed by atoms with van der Waals surface area (Å²) in [5.74, 6) is 2.58. The molecule has 0 radical (unpaired) electrons. The maximum absolute atomic E-state index is 5.91. The Morgan fingerprint density at radius 1 is 1.29 bits per heavy atom. The highest BCUT2D eigenvalue weighted by atomic mass is 35.5. The van der Waals surface area contributed by atoms with E-state index in [1.54, 1.807) is 6.26 Å². The number of aryl methyl sites for hydroxylation is 2. The molecule has 0 aliphatic rings. The van der Waals surface area contributed by atoms with E-state index in [0.29, 0.717) is 11.9 Å². The molecule has 0 spiro atoms. The number of aromatic nitrogens is 3. The minimum Gasteiger partial charge on any atom is -0.469 e. The lowest BCUT2D eigenvalue weighted by atomic mass is 10.1. The SMILES string of the molecule is CC(CCc1ccco1)n1c(CCCl)nc2cccnc21. The third-order valence-electron chi connectivity index (χ3n) is 3.67. The number of hydrogen-bond acceptors (Lipinski definition) is 3. The highest BCUT2D eigenvalue weighted by molar-refractivity contribution is 6.17. The fraction of sp³-hybridized carbons (Fsp3) is 0.375. The first kappa shape index (κ1) is 14.1. The van der Waals surface area contributed by atoms with Gasteiger partial charge in [0.25, 0.3) is 0 Å². The van der Waals surface area contributed by atoms with Crippen molar-refractivity contribution in [2.75, 3.05) is 5.88 Å². The third kappa shape index (κ3) is 2.95. The van der Waals surface area contributed by atoms with Gasteiger partial charge in [-0.05, 0) is 37.6 Å². The molecule has 1 unspecified atom stereocenters. The predicted molar refractivity (Wildman–Crippen MR) is 83.7 cm³/mol. The standard InChI is InChI=1S/C16H18ClN3O/c1-12(6-7-13-4-3-11-21-13)20-15(8-9-17)19-14-5-2-10-18-16(14)20/h2-5,10-12H,6-9H2,1H3. The van der Waals surface area contributed by atoms with Crippen molar-refractivity contribution in [3.8, 4) is 0 Å². The Morgan fingerprint density at radius 2 is 2.19 bits per heavy atom. The molecule has 4 nitrogen and oxygen atoms in total. The van der Waals surface area contributed by atoms with Gasteiger partial charge in [0.1, 0.15) is 17.1 Å². The summed E-state index contributed by atoms with van der Waals surface area (Å²) in [7, 11) is 0. The van der Waals surface area contributed by atoms with E-state index in [1.807, 2.05) is 30.5 Å². The Kier molecular flexibility index (Phi) is 4.25. The van der Waals surface area contributed by atoms with Crippen LogP contribution in [0.3, 0.4) is 0 Å². The number of fused-ring (bicyclic) bond motifs is 1. The number of pyridine rings is 1. The molecule has 0 amide bonds. The average Bonchev–Trinajstić information content (AvgIpc) is 3.12. The molecule has 110 valence electrons. The van der Waals surface area contributed by atoms with Crippen LogP contribution >= 0.6 is 11.6 Å². The number of alkyl halides is 1. The predicted octanol–water partition coefficient (Wildman–Crippen LogP) is 4.00. The zero-order chi connectivity index (χ0) is 14.7. The molecular formula is C16H18ClN3O. The normalized spacial score (nSPS) is 12.9. The highest BCUT2D eigenvalue weighted by Gasteiger charge is 2.16. The van der Waals surface area contributed by atoms with Crippen LogP contribution in [0.25, 0.3) is 11.2 Å². The number of hydrogen-bond donors (Lipinski definition) is 0. The maximum Gasteiger partial charge on any atom is 0.160 e. The second-order valence-corrected chi connectivity index (χ2v) is 5.53. The lowest BCUT2D eigenvalue weighted by Gasteiger charge is -2.16. The Labute approximate surface area is 128 Å². The van der Waals surface area contributed by atoms with E-state index < -0.39 is 0 Å². The largest absolute Gasteiger partial charge is 0.469 e. The van der Waals surface area contributed by atoms with Crippen LogP contribution in [0.2, 0.25) is 0 Å².